The van der Waals surface area contributed by atoms with Crippen molar-refractivity contribution >= 4 is 39.9 Å². The van der Waals surface area contributed by atoms with Crippen molar-refractivity contribution < 1.29 is 22.7 Å². The molecule has 10 heteroatoms. The quantitative estimate of drug-likeness (QED) is 0.196. The number of aromatic amines is 1. The van der Waals surface area contributed by atoms with Crippen molar-refractivity contribution in [3.63, 3.8) is 0 Å². The van der Waals surface area contributed by atoms with Gasteiger partial charge in [-0.3, -0.25) is 4.79 Å². The van der Waals surface area contributed by atoms with Crippen molar-refractivity contribution in [1.82, 2.24) is 9.97 Å². The zero-order valence-corrected chi connectivity index (χ0v) is 22.4. The Bertz CT molecular complexity index is 1530. The van der Waals surface area contributed by atoms with Crippen LogP contribution in [-0.2, 0) is 17.3 Å². The van der Waals surface area contributed by atoms with Crippen molar-refractivity contribution in [2.45, 2.75) is 45.5 Å². The number of fused-ring (bicyclic) bond motifs is 1. The number of ether oxygens (including phenoxy) is 1. The second-order valence-electron chi connectivity index (χ2n) is 10.1. The van der Waals surface area contributed by atoms with Gasteiger partial charge < -0.3 is 20.4 Å². The van der Waals surface area contributed by atoms with Gasteiger partial charge in [-0.2, -0.15) is 13.2 Å². The van der Waals surface area contributed by atoms with Crippen molar-refractivity contribution in [2.75, 3.05) is 17.2 Å². The number of anilines is 2. The van der Waals surface area contributed by atoms with E-state index in [1.54, 1.807) is 12.1 Å². The van der Waals surface area contributed by atoms with E-state index < -0.39 is 23.2 Å². The van der Waals surface area contributed by atoms with Crippen LogP contribution in [0.1, 0.15) is 52.8 Å². The van der Waals surface area contributed by atoms with Crippen LogP contribution in [0.4, 0.5) is 24.5 Å². The highest BCUT2D eigenvalue weighted by Gasteiger charge is 2.37. The van der Waals surface area contributed by atoms with Gasteiger partial charge in [-0.05, 0) is 54.8 Å². The highest BCUT2D eigenvalue weighted by molar-refractivity contribution is 6.31. The summed E-state index contributed by atoms with van der Waals surface area (Å²) in [5, 5.41) is 6.82. The number of aromatic nitrogens is 2. The van der Waals surface area contributed by atoms with Crippen molar-refractivity contribution in [1.29, 1.82) is 0 Å². The number of epoxide rings is 1. The van der Waals surface area contributed by atoms with Gasteiger partial charge in [0, 0.05) is 28.4 Å². The van der Waals surface area contributed by atoms with E-state index in [1.807, 2.05) is 25.1 Å². The van der Waals surface area contributed by atoms with E-state index in [1.165, 1.54) is 18.2 Å². The van der Waals surface area contributed by atoms with Gasteiger partial charge in [-0.25, -0.2) is 4.98 Å². The molecule has 0 radical (unpaired) electrons. The van der Waals surface area contributed by atoms with Crippen molar-refractivity contribution in [3.05, 3.63) is 87.7 Å². The summed E-state index contributed by atoms with van der Waals surface area (Å²) in [7, 11) is 0. The summed E-state index contributed by atoms with van der Waals surface area (Å²) in [5.74, 6) is 0.274. The zero-order chi connectivity index (χ0) is 27.9. The molecule has 3 N–H and O–H groups in total. The third-order valence-electron chi connectivity index (χ3n) is 6.65. The summed E-state index contributed by atoms with van der Waals surface area (Å²) in [4.78, 5) is 21.3. The third-order valence-corrected chi connectivity index (χ3v) is 7.06. The number of carbonyl (C=O) groups excluding carboxylic acids is 1. The second kappa shape index (κ2) is 10.5. The number of H-pyrrole nitrogens is 1. The van der Waals surface area contributed by atoms with E-state index in [0.29, 0.717) is 40.7 Å². The molecular weight excluding hydrogens is 529 g/mol. The highest BCUT2D eigenvalue weighted by atomic mass is 35.5. The fourth-order valence-electron chi connectivity index (χ4n) is 4.67. The number of amides is 1. The molecule has 2 atom stereocenters. The first-order valence-corrected chi connectivity index (χ1v) is 13.0. The first-order chi connectivity index (χ1) is 18.5. The summed E-state index contributed by atoms with van der Waals surface area (Å²) in [6.45, 7) is 6.61. The lowest BCUT2D eigenvalue weighted by Crippen LogP contribution is -2.20. The third kappa shape index (κ3) is 5.89. The van der Waals surface area contributed by atoms with Gasteiger partial charge in [-0.1, -0.05) is 43.6 Å². The van der Waals surface area contributed by atoms with Crippen LogP contribution in [0.15, 0.2) is 54.6 Å². The summed E-state index contributed by atoms with van der Waals surface area (Å²) >= 11 is 6.35. The van der Waals surface area contributed by atoms with Crippen LogP contribution in [0.25, 0.3) is 11.0 Å². The van der Waals surface area contributed by atoms with Crippen LogP contribution < -0.4 is 10.6 Å². The Kier molecular flexibility index (Phi) is 7.31. The number of carbonyl (C=O) groups is 1. The fourth-order valence-corrected chi connectivity index (χ4v) is 4.84. The van der Waals surface area contributed by atoms with Gasteiger partial charge in [0.1, 0.15) is 11.9 Å². The zero-order valence-electron chi connectivity index (χ0n) is 21.6. The molecule has 1 aliphatic rings. The maximum Gasteiger partial charge on any atom is 0.417 e. The minimum Gasteiger partial charge on any atom is -0.375 e. The monoisotopic (exact) mass is 556 g/mol. The summed E-state index contributed by atoms with van der Waals surface area (Å²) in [5.41, 5.74) is 2.71. The van der Waals surface area contributed by atoms with Gasteiger partial charge in [-0.15, -0.1) is 0 Å². The Hall–Kier alpha value is -3.56. The summed E-state index contributed by atoms with van der Waals surface area (Å²) in [6, 6.07) is 13.4. The lowest BCUT2D eigenvalue weighted by molar-refractivity contribution is -0.137. The number of nitrogens with one attached hydrogen (secondary N) is 3. The van der Waals surface area contributed by atoms with Crippen LogP contribution in [0.3, 0.4) is 0 Å². The van der Waals surface area contributed by atoms with E-state index in [2.05, 4.69) is 29.5 Å². The number of imidazole rings is 1. The first kappa shape index (κ1) is 27.0. The molecule has 1 amide bonds. The maximum absolute atomic E-state index is 13.6. The molecule has 5 rings (SSSR count). The Morgan fingerprint density at radius 2 is 1.92 bits per heavy atom. The summed E-state index contributed by atoms with van der Waals surface area (Å²) in [6.07, 6.45) is -4.11. The highest BCUT2D eigenvalue weighted by Crippen LogP contribution is 2.38. The molecule has 1 saturated heterocycles. The van der Waals surface area contributed by atoms with Crippen LogP contribution in [0, 0.1) is 12.8 Å². The van der Waals surface area contributed by atoms with Gasteiger partial charge in [0.15, 0.2) is 0 Å². The molecular formula is C29H28ClF3N4O2. The Morgan fingerprint density at radius 3 is 2.62 bits per heavy atom. The Labute approximate surface area is 228 Å². The normalized spacial score (nSPS) is 15.9. The standard InChI is InChI=1S/C29H28ClF3N4O2/c1-15(2)11-25-35-23-13-17(34-28(38)18-7-4-5-8-20(18)29(31,32)33)12-19(26(23)37-25)27(24-14-39-24)36-22-10-6-9-21(30)16(22)3/h4-10,12-13,15,24,27,36H,11,14H2,1-3H3,(H,34,38)(H,35,37). The molecule has 0 saturated carbocycles. The molecule has 2 unspecified atom stereocenters. The topological polar surface area (TPSA) is 82.3 Å². The molecule has 4 aromatic rings. The van der Waals surface area contributed by atoms with E-state index >= 15 is 0 Å². The second-order valence-corrected chi connectivity index (χ2v) is 10.6. The van der Waals surface area contributed by atoms with Crippen LogP contribution in [0.2, 0.25) is 5.02 Å². The fraction of sp³-hybridized carbons (Fsp3) is 0.310. The lowest BCUT2D eigenvalue weighted by atomic mass is 10.00. The smallest absolute Gasteiger partial charge is 0.375 e. The molecule has 1 aromatic heterocycles. The average Bonchev–Trinajstić information content (AvgIpc) is 3.63. The van der Waals surface area contributed by atoms with Crippen LogP contribution >= 0.6 is 11.6 Å². The minimum absolute atomic E-state index is 0.159. The number of alkyl halides is 3. The molecule has 0 spiro atoms. The summed E-state index contributed by atoms with van der Waals surface area (Å²) < 4.78 is 46.4. The van der Waals surface area contributed by atoms with Gasteiger partial charge in [0.25, 0.3) is 5.91 Å². The Balaban J connectivity index is 1.58. The van der Waals surface area contributed by atoms with E-state index in [4.69, 9.17) is 21.3 Å². The van der Waals surface area contributed by atoms with Gasteiger partial charge in [0.05, 0.1) is 34.8 Å². The van der Waals surface area contributed by atoms with E-state index in [0.717, 1.165) is 28.7 Å². The number of hydrogen-bond donors (Lipinski definition) is 3. The lowest BCUT2D eigenvalue weighted by Gasteiger charge is -2.22. The molecule has 0 aliphatic carbocycles. The van der Waals surface area contributed by atoms with Gasteiger partial charge in [0.2, 0.25) is 0 Å². The first-order valence-electron chi connectivity index (χ1n) is 12.6. The van der Waals surface area contributed by atoms with E-state index in [-0.39, 0.29) is 12.1 Å². The molecule has 204 valence electrons. The molecule has 1 fully saturated rings. The van der Waals surface area contributed by atoms with Crippen LogP contribution in [0.5, 0.6) is 0 Å². The SMILES string of the molecule is Cc1c(Cl)cccc1NC(c1cc(NC(=O)c2ccccc2C(F)(F)F)cc2[nH]c(CC(C)C)nc12)C1CO1. The number of hydrogen-bond acceptors (Lipinski definition) is 4. The number of halogens is 4. The molecule has 3 aromatic carbocycles. The van der Waals surface area contributed by atoms with Crippen molar-refractivity contribution in [2.24, 2.45) is 5.92 Å². The number of nitrogens with zero attached hydrogens (tertiary/aromatic N) is 1. The van der Waals surface area contributed by atoms with Crippen LogP contribution in [-0.4, -0.2) is 28.6 Å². The largest absolute Gasteiger partial charge is 0.417 e. The maximum atomic E-state index is 13.6. The molecule has 0 bridgehead atoms. The van der Waals surface area contributed by atoms with Gasteiger partial charge >= 0.3 is 6.18 Å². The number of rotatable bonds is 8. The predicted molar refractivity (Wildman–Crippen MR) is 146 cm³/mol. The van der Waals surface area contributed by atoms with E-state index in [9.17, 15) is 18.0 Å². The number of benzene rings is 3. The average molecular weight is 557 g/mol. The molecule has 39 heavy (non-hydrogen) atoms. The molecule has 2 heterocycles. The molecule has 6 nitrogen and oxygen atoms in total. The predicted octanol–water partition coefficient (Wildman–Crippen LogP) is 7.55. The Morgan fingerprint density at radius 1 is 1.18 bits per heavy atom. The minimum atomic E-state index is -4.66. The molecule has 1 aliphatic heterocycles. The van der Waals surface area contributed by atoms with Crippen molar-refractivity contribution in [3.8, 4) is 0 Å².